The highest BCUT2D eigenvalue weighted by Gasteiger charge is 2.33. The molecule has 5 heterocycles. The molecule has 22 nitrogen and oxygen atoms in total. The molecule has 0 amide bonds. The first-order chi connectivity index (χ1) is 64.8. The van der Waals surface area contributed by atoms with Crippen molar-refractivity contribution in [2.75, 3.05) is 33.7 Å². The number of aromatic nitrogens is 5. The van der Waals surface area contributed by atoms with Crippen molar-refractivity contribution in [3.05, 3.63) is 373 Å². The van der Waals surface area contributed by atoms with Gasteiger partial charge in [-0.05, 0) is 234 Å². The fourth-order valence-electron chi connectivity index (χ4n) is 13.5. The monoisotopic (exact) mass is 1930 g/mol. The average molecular weight is 1930 g/mol. The van der Waals surface area contributed by atoms with Crippen LogP contribution in [-0.2, 0) is 0 Å². The summed E-state index contributed by atoms with van der Waals surface area (Å²) in [6.45, 7) is 4.32. The summed E-state index contributed by atoms with van der Waals surface area (Å²) >= 11 is 17.9. The second-order valence-electron chi connectivity index (χ2n) is 29.3. The van der Waals surface area contributed by atoms with E-state index in [1.807, 2.05) is 0 Å². The summed E-state index contributed by atoms with van der Waals surface area (Å²) in [5.74, 6) is -16.0. The van der Waals surface area contributed by atoms with E-state index in [0.717, 1.165) is 73.0 Å². The lowest BCUT2D eigenvalue weighted by molar-refractivity contribution is -0.274. The van der Waals surface area contributed by atoms with Gasteiger partial charge in [-0.15, -0.1) is 13.2 Å². The zero-order valence-corrected chi connectivity index (χ0v) is 72.8. The van der Waals surface area contributed by atoms with Crippen LogP contribution in [0.2, 0.25) is 15.1 Å². The molecule has 0 saturated heterocycles. The second kappa shape index (κ2) is 43.5. The molecule has 16 rings (SSSR count). The van der Waals surface area contributed by atoms with Crippen molar-refractivity contribution in [2.45, 2.75) is 45.9 Å². The van der Waals surface area contributed by atoms with E-state index >= 15 is 0 Å². The molecule has 1 saturated carbocycles. The first kappa shape index (κ1) is 98.9. The van der Waals surface area contributed by atoms with Crippen molar-refractivity contribution < 1.29 is 116 Å². The van der Waals surface area contributed by atoms with Crippen molar-refractivity contribution in [1.29, 1.82) is 0 Å². The minimum atomic E-state index is -4.91. The molecule has 0 radical (unpaired) electrons. The Labute approximate surface area is 778 Å². The highest BCUT2D eigenvalue weighted by atomic mass is 35.5. The van der Waals surface area contributed by atoms with Gasteiger partial charge in [-0.3, -0.25) is 0 Å². The predicted octanol–water partition coefficient (Wildman–Crippen LogP) is 27.0. The third kappa shape index (κ3) is 24.0. The standard InChI is InChI=1S/C21H15ClF2N2O2.C20H13F5N2O3.C20H16F2N2O3.C19H13ClF2N2O2.C18H11ClF2N2O2/c22-16-4-2-1-3-14(16)12-8-17(23)19(18(24)9-12)26-20-15(21(27)28)7-13(10-25-20)11-5-6-11;1-10-14(11-4-2-5-12(8-11)30-20(23,24)25)9-15(21)17(16(10)22)27-18-13(19(28)29)6-3-7-26-18;1-11-15(12-5-3-6-13(9-12)27-2)10-16(21)18(17(11)22)24-19-14(20(25)26)7-4-8-23-19;1-10-13(11-5-2-3-7-14(11)20)9-15(21)17(16(10)22)24-18-12(19(25)26)6-4-8-23-18;19-12-8-13(18(24)25)17(22-9-12)23-16-14(20)6-11(7-15(16)21)10-4-2-1-3-5-10/h1-4,7-11H,5-6H2,(H,25,26)(H,27,28);2-9H,1H3,(H,26,27)(H,28,29);3-10H,1-2H3,(H,23,24)(H,25,26);2-9H,1H3,(H,23,24)(H,25,26);1-9H,(H,22,23)(H,24,25). The molecule has 694 valence electrons. The number of carboxylic acids is 5. The number of carbonyl (C=O) groups is 5. The number of alkyl halides is 3. The minimum absolute atomic E-state index is 0.00246. The largest absolute Gasteiger partial charge is 0.573 e. The molecular weight excluding hydrogens is 1860 g/mol. The quantitative estimate of drug-likeness (QED) is 0.0266. The number of nitrogens with zero attached hydrogens (tertiary/aromatic N) is 5. The van der Waals surface area contributed by atoms with Crippen LogP contribution in [0.15, 0.2) is 249 Å². The van der Waals surface area contributed by atoms with Crippen molar-refractivity contribution in [2.24, 2.45) is 0 Å². The third-order valence-corrected chi connectivity index (χ3v) is 21.2. The van der Waals surface area contributed by atoms with Gasteiger partial charge in [0.1, 0.15) is 138 Å². The SMILES string of the molecule is COc1cccc(-c2cc(F)c(Nc3ncccc3C(=O)O)c(F)c2C)c1.Cc1c(-c2cccc(OC(F)(F)F)c2)cc(F)c(Nc2ncccc2C(=O)O)c1F.Cc1c(-c2ccccc2Cl)cc(F)c(Nc2ncccc2C(=O)O)c1F.O=C(O)c1cc(C2CC2)cnc1Nc1c(F)cc(-c2ccccc2Cl)cc1F.O=C(O)c1cc(Cl)cnc1Nc1c(F)cc(-c2ccccc2)cc1F. The van der Waals surface area contributed by atoms with Gasteiger partial charge in [0.15, 0.2) is 17.5 Å². The Morgan fingerprint density at radius 3 is 1.10 bits per heavy atom. The Morgan fingerprint density at radius 1 is 0.338 bits per heavy atom. The molecule has 5 aromatic heterocycles. The Morgan fingerprint density at radius 2 is 0.684 bits per heavy atom. The molecule has 1 fully saturated rings. The van der Waals surface area contributed by atoms with Gasteiger partial charge in [0.05, 0.1) is 12.1 Å². The van der Waals surface area contributed by atoms with E-state index in [-0.39, 0.29) is 95.3 Å². The Hall–Kier alpha value is -16.1. The molecule has 0 bridgehead atoms. The maximum absolute atomic E-state index is 14.9. The lowest BCUT2D eigenvalue weighted by Crippen LogP contribution is -2.17. The molecule has 0 atom stereocenters. The molecule has 38 heteroatoms. The zero-order chi connectivity index (χ0) is 98.3. The van der Waals surface area contributed by atoms with Gasteiger partial charge in [-0.25, -0.2) is 92.8 Å². The van der Waals surface area contributed by atoms with Crippen LogP contribution in [0.4, 0.5) is 115 Å². The number of carboxylic acid groups (broad SMARTS) is 5. The normalized spacial score (nSPS) is 11.3. The van der Waals surface area contributed by atoms with E-state index in [1.165, 1.54) is 113 Å². The van der Waals surface area contributed by atoms with Gasteiger partial charge in [0.25, 0.3) is 0 Å². The number of hydrogen-bond acceptors (Lipinski definition) is 17. The lowest BCUT2D eigenvalue weighted by Gasteiger charge is -2.15. The summed E-state index contributed by atoms with van der Waals surface area (Å²) in [6, 6.07) is 52.3. The number of hydrogen-bond donors (Lipinski definition) is 10. The number of methoxy groups -OCH3 is 1. The molecule has 1 aliphatic carbocycles. The summed E-state index contributed by atoms with van der Waals surface area (Å²) in [5.41, 5.74) is 1.18. The van der Waals surface area contributed by atoms with Crippen molar-refractivity contribution in [3.8, 4) is 67.1 Å². The van der Waals surface area contributed by atoms with Crippen molar-refractivity contribution in [3.63, 3.8) is 0 Å². The van der Waals surface area contributed by atoms with E-state index in [0.29, 0.717) is 60.7 Å². The molecular formula is C98H68Cl3F13N10O12. The molecule has 10 N–H and O–H groups in total. The molecule has 0 aliphatic heterocycles. The fraction of sp³-hybridized carbons (Fsp3) is 0.0816. The summed E-state index contributed by atoms with van der Waals surface area (Å²) in [6.07, 6.45) is 3.70. The number of aromatic carboxylic acids is 5. The van der Waals surface area contributed by atoms with Crippen LogP contribution in [0.25, 0.3) is 55.6 Å². The predicted molar refractivity (Wildman–Crippen MR) is 486 cm³/mol. The number of halogens is 16. The summed E-state index contributed by atoms with van der Waals surface area (Å²) in [7, 11) is 1.51. The van der Waals surface area contributed by atoms with Crippen LogP contribution in [0.1, 0.15) is 92.8 Å². The highest BCUT2D eigenvalue weighted by Crippen LogP contribution is 2.44. The van der Waals surface area contributed by atoms with Crippen LogP contribution in [0.3, 0.4) is 0 Å². The molecule has 1 aliphatic rings. The average Bonchev–Trinajstić information content (AvgIpc) is 1.23. The van der Waals surface area contributed by atoms with E-state index in [4.69, 9.17) is 39.5 Å². The topological polar surface area (TPSA) is 330 Å². The second-order valence-corrected chi connectivity index (χ2v) is 30.5. The maximum Gasteiger partial charge on any atom is 0.573 e. The number of rotatable bonds is 23. The van der Waals surface area contributed by atoms with Crippen molar-refractivity contribution >= 4 is 122 Å². The van der Waals surface area contributed by atoms with E-state index in [1.54, 1.807) is 109 Å². The van der Waals surface area contributed by atoms with Gasteiger partial charge < -0.3 is 61.6 Å². The van der Waals surface area contributed by atoms with E-state index < -0.39 is 129 Å². The summed E-state index contributed by atoms with van der Waals surface area (Å²) < 4.78 is 193. The van der Waals surface area contributed by atoms with Gasteiger partial charge in [0, 0.05) is 52.2 Å². The molecule has 10 aromatic carbocycles. The third-order valence-electron chi connectivity index (χ3n) is 20.3. The smallest absolute Gasteiger partial charge is 0.497 e. The first-order valence-corrected chi connectivity index (χ1v) is 40.9. The number of ether oxygens (including phenoxy) is 2. The minimum Gasteiger partial charge on any atom is -0.497 e. The Bertz CT molecular complexity index is 7070. The Kier molecular flexibility index (Phi) is 31.6. The lowest BCUT2D eigenvalue weighted by atomic mass is 9.98. The van der Waals surface area contributed by atoms with Crippen LogP contribution < -0.4 is 36.1 Å². The number of anilines is 10. The van der Waals surface area contributed by atoms with Gasteiger partial charge in [-0.1, -0.05) is 126 Å². The first-order valence-electron chi connectivity index (χ1n) is 39.8. The molecule has 15 aromatic rings. The molecule has 0 spiro atoms. The van der Waals surface area contributed by atoms with Crippen LogP contribution >= 0.6 is 34.8 Å². The summed E-state index contributed by atoms with van der Waals surface area (Å²) in [4.78, 5) is 76.0. The van der Waals surface area contributed by atoms with Gasteiger partial charge in [0.2, 0.25) is 0 Å². The van der Waals surface area contributed by atoms with Crippen LogP contribution in [-0.4, -0.2) is 93.8 Å². The zero-order valence-electron chi connectivity index (χ0n) is 70.5. The number of nitrogens with one attached hydrogen (secondary N) is 5. The Balaban J connectivity index is 0.000000153. The number of benzene rings is 10. The molecule has 136 heavy (non-hydrogen) atoms. The highest BCUT2D eigenvalue weighted by molar-refractivity contribution is 6.34. The summed E-state index contributed by atoms with van der Waals surface area (Å²) in [5, 5.41) is 59.2. The fourth-order valence-corrected chi connectivity index (χ4v) is 14.1. The van der Waals surface area contributed by atoms with E-state index in [2.05, 4.69) is 56.2 Å². The van der Waals surface area contributed by atoms with E-state index in [9.17, 15) is 107 Å². The van der Waals surface area contributed by atoms with Crippen LogP contribution in [0, 0.1) is 78.9 Å². The van der Waals surface area contributed by atoms with Gasteiger partial charge >= 0.3 is 36.2 Å². The van der Waals surface area contributed by atoms with Crippen LogP contribution in [0.5, 0.6) is 11.5 Å². The van der Waals surface area contributed by atoms with Gasteiger partial charge in [-0.2, -0.15) is 0 Å². The molecule has 0 unspecified atom stereocenters. The number of pyridine rings is 5. The maximum atomic E-state index is 14.9. The van der Waals surface area contributed by atoms with Crippen molar-refractivity contribution in [1.82, 2.24) is 24.9 Å².